The monoisotopic (exact) mass is 180 g/mol. The van der Waals surface area contributed by atoms with Crippen LogP contribution < -0.4 is 0 Å². The van der Waals surface area contributed by atoms with E-state index in [-0.39, 0.29) is 0 Å². The van der Waals surface area contributed by atoms with E-state index >= 15 is 0 Å². The van der Waals surface area contributed by atoms with Crippen molar-refractivity contribution in [2.24, 2.45) is 0 Å². The van der Waals surface area contributed by atoms with Crippen molar-refractivity contribution in [3.05, 3.63) is 35.4 Å². The normalized spacial score (nSPS) is 8.15. The maximum absolute atomic E-state index is 10.1. The number of hydrogen-bond donors (Lipinski definition) is 1. The van der Waals surface area contributed by atoms with Crippen LogP contribution in [0.2, 0.25) is 0 Å². The minimum atomic E-state index is -0.833. The Hall–Kier alpha value is -1.64. The van der Waals surface area contributed by atoms with Gasteiger partial charge in [0, 0.05) is 12.5 Å². The molecular weight excluding hydrogens is 168 g/mol. The smallest absolute Gasteiger partial charge is 0.300 e. The minimum absolute atomic E-state index is 0.737. The number of aliphatic carboxylic acids is 1. The van der Waals surface area contributed by atoms with E-state index < -0.39 is 5.97 Å². The molecule has 0 saturated heterocycles. The number of aldehydes is 1. The average Bonchev–Trinajstić information content (AvgIpc) is 2.05. The summed E-state index contributed by atoms with van der Waals surface area (Å²) < 4.78 is 0. The van der Waals surface area contributed by atoms with E-state index in [1.54, 1.807) is 0 Å². The van der Waals surface area contributed by atoms with Gasteiger partial charge in [-0.25, -0.2) is 0 Å². The Morgan fingerprint density at radius 1 is 1.31 bits per heavy atom. The Bertz CT molecular complexity index is 271. The third kappa shape index (κ3) is 6.75. The van der Waals surface area contributed by atoms with Crippen LogP contribution >= 0.6 is 0 Å². The molecule has 0 aromatic heterocycles. The van der Waals surface area contributed by atoms with Gasteiger partial charge in [0.05, 0.1) is 0 Å². The van der Waals surface area contributed by atoms with Crippen LogP contribution in [0.4, 0.5) is 0 Å². The molecule has 3 heteroatoms. The molecule has 0 aliphatic heterocycles. The fourth-order valence-electron chi connectivity index (χ4n) is 0.645. The zero-order valence-corrected chi connectivity index (χ0v) is 7.65. The highest BCUT2D eigenvalue weighted by Crippen LogP contribution is 1.98. The van der Waals surface area contributed by atoms with Gasteiger partial charge in [0.15, 0.2) is 0 Å². The highest BCUT2D eigenvalue weighted by atomic mass is 16.4. The first-order valence-corrected chi connectivity index (χ1v) is 3.77. The predicted molar refractivity (Wildman–Crippen MR) is 49.9 cm³/mol. The van der Waals surface area contributed by atoms with Gasteiger partial charge in [0.2, 0.25) is 0 Å². The summed E-state index contributed by atoms with van der Waals surface area (Å²) in [5.41, 5.74) is 1.92. The molecule has 0 saturated carbocycles. The number of carboxylic acids is 1. The van der Waals surface area contributed by atoms with Crippen LogP contribution in [0, 0.1) is 6.92 Å². The van der Waals surface area contributed by atoms with Crippen LogP contribution in [0.1, 0.15) is 22.8 Å². The van der Waals surface area contributed by atoms with Gasteiger partial charge in [-0.05, 0) is 6.92 Å². The zero-order valence-electron chi connectivity index (χ0n) is 7.65. The number of benzene rings is 1. The Labute approximate surface area is 77.0 Å². The van der Waals surface area contributed by atoms with Crippen LogP contribution in [0.5, 0.6) is 0 Å². The average molecular weight is 180 g/mol. The van der Waals surface area contributed by atoms with Gasteiger partial charge in [-0.15, -0.1) is 0 Å². The third-order valence-electron chi connectivity index (χ3n) is 1.21. The van der Waals surface area contributed by atoms with E-state index in [1.807, 2.05) is 31.2 Å². The number of aryl methyl sites for hydroxylation is 1. The molecule has 0 spiro atoms. The fourth-order valence-corrected chi connectivity index (χ4v) is 0.645. The van der Waals surface area contributed by atoms with Crippen molar-refractivity contribution in [2.45, 2.75) is 13.8 Å². The van der Waals surface area contributed by atoms with E-state index in [1.165, 1.54) is 5.56 Å². The molecule has 0 fully saturated rings. The molecule has 1 aromatic rings. The quantitative estimate of drug-likeness (QED) is 0.671. The van der Waals surface area contributed by atoms with Crippen molar-refractivity contribution in [3.63, 3.8) is 0 Å². The van der Waals surface area contributed by atoms with Gasteiger partial charge in [-0.3, -0.25) is 9.59 Å². The fraction of sp³-hybridized carbons (Fsp3) is 0.200. The van der Waals surface area contributed by atoms with Crippen LogP contribution in [0.3, 0.4) is 0 Å². The van der Waals surface area contributed by atoms with Crippen LogP contribution in [-0.2, 0) is 4.79 Å². The molecule has 1 N–H and O–H groups in total. The Balaban J connectivity index is 0.000000310. The SMILES string of the molecule is CC(=O)O.Cc1ccc(C=O)cc1. The molecule has 0 atom stereocenters. The van der Waals surface area contributed by atoms with E-state index in [0.717, 1.165) is 18.8 Å². The number of carboxylic acid groups (broad SMARTS) is 1. The van der Waals surface area contributed by atoms with Gasteiger partial charge in [0.1, 0.15) is 6.29 Å². The summed E-state index contributed by atoms with van der Waals surface area (Å²) in [7, 11) is 0. The summed E-state index contributed by atoms with van der Waals surface area (Å²) in [4.78, 5) is 19.1. The minimum Gasteiger partial charge on any atom is -0.481 e. The summed E-state index contributed by atoms with van der Waals surface area (Å²) in [5, 5.41) is 7.42. The van der Waals surface area contributed by atoms with Crippen molar-refractivity contribution < 1.29 is 14.7 Å². The summed E-state index contributed by atoms with van der Waals surface area (Å²) in [6.45, 7) is 3.08. The van der Waals surface area contributed by atoms with Crippen molar-refractivity contribution in [1.82, 2.24) is 0 Å². The molecule has 0 aliphatic carbocycles. The van der Waals surface area contributed by atoms with Gasteiger partial charge in [-0.2, -0.15) is 0 Å². The molecule has 1 rings (SSSR count). The summed E-state index contributed by atoms with van der Waals surface area (Å²) in [6.07, 6.45) is 0.847. The Morgan fingerprint density at radius 2 is 1.69 bits per heavy atom. The summed E-state index contributed by atoms with van der Waals surface area (Å²) >= 11 is 0. The molecule has 1 aromatic carbocycles. The first-order valence-electron chi connectivity index (χ1n) is 3.77. The van der Waals surface area contributed by atoms with Crippen molar-refractivity contribution >= 4 is 12.3 Å². The molecule has 0 amide bonds. The highest BCUT2D eigenvalue weighted by molar-refractivity contribution is 5.74. The number of carbonyl (C=O) groups is 2. The van der Waals surface area contributed by atoms with Gasteiger partial charge in [-0.1, -0.05) is 29.8 Å². The lowest BCUT2D eigenvalue weighted by Gasteiger charge is -1.89. The second-order valence-electron chi connectivity index (χ2n) is 2.55. The standard InChI is InChI=1S/C8H8O.C2H4O2/c1-7-2-4-8(6-9)5-3-7;1-2(3)4/h2-6H,1H3;1H3,(H,3,4). The highest BCUT2D eigenvalue weighted by Gasteiger charge is 1.85. The lowest BCUT2D eigenvalue weighted by molar-refractivity contribution is -0.134. The lowest BCUT2D eigenvalue weighted by atomic mass is 10.2. The Kier molecular flexibility index (Phi) is 5.19. The molecule has 0 radical (unpaired) electrons. The molecular formula is C10H12O3. The Morgan fingerprint density at radius 3 is 2.00 bits per heavy atom. The van der Waals surface area contributed by atoms with Crippen LogP contribution in [0.25, 0.3) is 0 Å². The number of rotatable bonds is 1. The van der Waals surface area contributed by atoms with Gasteiger partial charge < -0.3 is 5.11 Å². The number of carbonyl (C=O) groups excluding carboxylic acids is 1. The molecule has 70 valence electrons. The van der Waals surface area contributed by atoms with Gasteiger partial charge >= 0.3 is 0 Å². The van der Waals surface area contributed by atoms with Crippen molar-refractivity contribution in [3.8, 4) is 0 Å². The predicted octanol–water partition coefficient (Wildman–Crippen LogP) is 1.90. The largest absolute Gasteiger partial charge is 0.481 e. The third-order valence-corrected chi connectivity index (χ3v) is 1.21. The van der Waals surface area contributed by atoms with Gasteiger partial charge in [0.25, 0.3) is 5.97 Å². The molecule has 0 unspecified atom stereocenters. The molecule has 13 heavy (non-hydrogen) atoms. The molecule has 0 aliphatic rings. The van der Waals surface area contributed by atoms with E-state index in [2.05, 4.69) is 0 Å². The van der Waals surface area contributed by atoms with E-state index in [0.29, 0.717) is 0 Å². The molecule has 0 bridgehead atoms. The molecule has 3 nitrogen and oxygen atoms in total. The summed E-state index contributed by atoms with van der Waals surface area (Å²) in [5.74, 6) is -0.833. The second kappa shape index (κ2) is 5.94. The van der Waals surface area contributed by atoms with Crippen LogP contribution in [0.15, 0.2) is 24.3 Å². The first-order chi connectivity index (χ1) is 6.06. The lowest BCUT2D eigenvalue weighted by Crippen LogP contribution is -1.78. The first kappa shape index (κ1) is 11.4. The number of hydrogen-bond acceptors (Lipinski definition) is 2. The van der Waals surface area contributed by atoms with Crippen molar-refractivity contribution in [1.29, 1.82) is 0 Å². The molecule has 0 heterocycles. The topological polar surface area (TPSA) is 54.4 Å². The van der Waals surface area contributed by atoms with E-state index in [4.69, 9.17) is 9.90 Å². The second-order valence-corrected chi connectivity index (χ2v) is 2.55. The van der Waals surface area contributed by atoms with Crippen LogP contribution in [-0.4, -0.2) is 17.4 Å². The van der Waals surface area contributed by atoms with E-state index in [9.17, 15) is 4.79 Å². The maximum Gasteiger partial charge on any atom is 0.300 e. The zero-order chi connectivity index (χ0) is 10.3. The van der Waals surface area contributed by atoms with Crippen molar-refractivity contribution in [2.75, 3.05) is 0 Å². The summed E-state index contributed by atoms with van der Waals surface area (Å²) in [6, 6.07) is 7.46. The maximum atomic E-state index is 10.1.